The fraction of sp³-hybridized carbons (Fsp3) is 0.576. The molecule has 206 valence electrons. The van der Waals surface area contributed by atoms with Gasteiger partial charge in [0.15, 0.2) is 11.5 Å². The van der Waals surface area contributed by atoms with Crippen molar-refractivity contribution in [2.45, 2.75) is 71.3 Å². The Bertz CT molecular complexity index is 1200. The highest BCUT2D eigenvalue weighted by molar-refractivity contribution is 5.91. The number of ether oxygens (including phenoxy) is 2. The summed E-state index contributed by atoms with van der Waals surface area (Å²) < 4.78 is 11.1. The summed E-state index contributed by atoms with van der Waals surface area (Å²) in [6.45, 7) is 13.2. The first kappa shape index (κ1) is 27.1. The van der Waals surface area contributed by atoms with Gasteiger partial charge in [-0.25, -0.2) is 0 Å². The lowest BCUT2D eigenvalue weighted by atomic mass is 9.87. The van der Waals surface area contributed by atoms with Crippen LogP contribution in [0.25, 0.3) is 22.2 Å². The van der Waals surface area contributed by atoms with E-state index in [2.05, 4.69) is 65.9 Å². The summed E-state index contributed by atoms with van der Waals surface area (Å²) in [5.74, 6) is 2.96. The molecule has 1 aromatic heterocycles. The summed E-state index contributed by atoms with van der Waals surface area (Å²) in [7, 11) is 3.39. The van der Waals surface area contributed by atoms with Crippen LogP contribution in [-0.2, 0) is 6.42 Å². The third-order valence-electron chi connectivity index (χ3n) is 8.80. The number of nitrogens with zero attached hydrogens (tertiary/aromatic N) is 2. The minimum absolute atomic E-state index is 0.658. The van der Waals surface area contributed by atoms with Crippen molar-refractivity contribution in [3.8, 4) is 22.8 Å². The SMILES string of the molecule is CCCc1c(-c2ccc(OC)c(OC)c2)[nH]c2ccc(C3CCN(C4CCN(CC(C)C)CC4)CC3)cc12. The maximum atomic E-state index is 5.60. The van der Waals surface area contributed by atoms with E-state index < -0.39 is 0 Å². The molecule has 0 saturated carbocycles. The molecule has 0 radical (unpaired) electrons. The Morgan fingerprint density at radius 1 is 0.895 bits per heavy atom. The molecule has 5 nitrogen and oxygen atoms in total. The van der Waals surface area contributed by atoms with Gasteiger partial charge in [0.25, 0.3) is 0 Å². The molecule has 1 N–H and O–H groups in total. The Labute approximate surface area is 229 Å². The van der Waals surface area contributed by atoms with Crippen LogP contribution in [0.5, 0.6) is 11.5 Å². The van der Waals surface area contributed by atoms with E-state index in [0.29, 0.717) is 5.92 Å². The van der Waals surface area contributed by atoms with Crippen LogP contribution in [0.2, 0.25) is 0 Å². The number of hydrogen-bond donors (Lipinski definition) is 1. The topological polar surface area (TPSA) is 40.7 Å². The predicted molar refractivity (Wildman–Crippen MR) is 159 cm³/mol. The molecular formula is C33H47N3O2. The lowest BCUT2D eigenvalue weighted by molar-refractivity contribution is 0.0828. The Morgan fingerprint density at radius 3 is 2.29 bits per heavy atom. The highest BCUT2D eigenvalue weighted by Crippen LogP contribution is 2.38. The molecule has 3 heterocycles. The zero-order valence-electron chi connectivity index (χ0n) is 24.2. The highest BCUT2D eigenvalue weighted by Gasteiger charge is 2.29. The molecule has 5 heteroatoms. The van der Waals surface area contributed by atoms with Crippen molar-refractivity contribution in [2.75, 3.05) is 46.9 Å². The van der Waals surface area contributed by atoms with Gasteiger partial charge in [-0.2, -0.15) is 0 Å². The third-order valence-corrected chi connectivity index (χ3v) is 8.80. The van der Waals surface area contributed by atoms with Gasteiger partial charge in [-0.05, 0) is 112 Å². The summed E-state index contributed by atoms with van der Waals surface area (Å²) >= 11 is 0. The number of H-pyrrole nitrogens is 1. The number of aromatic nitrogens is 1. The number of piperidine rings is 2. The van der Waals surface area contributed by atoms with Gasteiger partial charge in [0.2, 0.25) is 0 Å². The zero-order valence-corrected chi connectivity index (χ0v) is 24.2. The maximum Gasteiger partial charge on any atom is 0.161 e. The summed E-state index contributed by atoms with van der Waals surface area (Å²) in [6.07, 6.45) is 7.40. The van der Waals surface area contributed by atoms with E-state index in [-0.39, 0.29) is 0 Å². The number of rotatable bonds is 9. The largest absolute Gasteiger partial charge is 0.493 e. The molecule has 38 heavy (non-hydrogen) atoms. The molecule has 2 fully saturated rings. The first-order valence-corrected chi connectivity index (χ1v) is 14.8. The molecule has 0 amide bonds. The molecule has 0 aliphatic carbocycles. The Kier molecular flexibility index (Phi) is 8.64. The average Bonchev–Trinajstić information content (AvgIpc) is 3.30. The van der Waals surface area contributed by atoms with E-state index >= 15 is 0 Å². The van der Waals surface area contributed by atoms with Gasteiger partial charge in [-0.15, -0.1) is 0 Å². The summed E-state index contributed by atoms with van der Waals surface area (Å²) in [4.78, 5) is 9.21. The van der Waals surface area contributed by atoms with Crippen LogP contribution < -0.4 is 9.47 Å². The van der Waals surface area contributed by atoms with E-state index in [9.17, 15) is 0 Å². The Hall–Kier alpha value is -2.50. The molecule has 2 saturated heterocycles. The second-order valence-electron chi connectivity index (χ2n) is 11.8. The van der Waals surface area contributed by atoms with E-state index in [4.69, 9.17) is 9.47 Å². The lowest BCUT2D eigenvalue weighted by Crippen LogP contribution is -2.48. The van der Waals surface area contributed by atoms with Crippen LogP contribution in [0.3, 0.4) is 0 Å². The van der Waals surface area contributed by atoms with Crippen LogP contribution in [-0.4, -0.2) is 67.8 Å². The van der Waals surface area contributed by atoms with Gasteiger partial charge >= 0.3 is 0 Å². The molecule has 2 aromatic carbocycles. The Balaban J connectivity index is 1.31. The third kappa shape index (κ3) is 5.74. The molecular weight excluding hydrogens is 470 g/mol. The van der Waals surface area contributed by atoms with E-state index in [1.54, 1.807) is 14.2 Å². The molecule has 2 aliphatic heterocycles. The van der Waals surface area contributed by atoms with Crippen LogP contribution in [0.1, 0.15) is 69.9 Å². The number of methoxy groups -OCH3 is 2. The van der Waals surface area contributed by atoms with Crippen molar-refractivity contribution in [1.29, 1.82) is 0 Å². The highest BCUT2D eigenvalue weighted by atomic mass is 16.5. The van der Waals surface area contributed by atoms with Crippen LogP contribution >= 0.6 is 0 Å². The maximum absolute atomic E-state index is 5.60. The molecule has 2 aliphatic rings. The molecule has 0 spiro atoms. The van der Waals surface area contributed by atoms with Gasteiger partial charge in [0.1, 0.15) is 0 Å². The summed E-state index contributed by atoms with van der Waals surface area (Å²) in [5.41, 5.74) is 6.52. The van der Waals surface area contributed by atoms with Crippen molar-refractivity contribution >= 4 is 10.9 Å². The number of fused-ring (bicyclic) bond motifs is 1. The van der Waals surface area contributed by atoms with Gasteiger partial charge in [-0.1, -0.05) is 33.3 Å². The summed E-state index contributed by atoms with van der Waals surface area (Å²) in [6, 6.07) is 14.2. The molecule has 0 unspecified atom stereocenters. The number of hydrogen-bond acceptors (Lipinski definition) is 4. The number of aromatic amines is 1. The number of aryl methyl sites for hydroxylation is 1. The quantitative estimate of drug-likeness (QED) is 0.329. The van der Waals surface area contributed by atoms with Crippen molar-refractivity contribution in [3.05, 3.63) is 47.5 Å². The van der Waals surface area contributed by atoms with Crippen molar-refractivity contribution in [3.63, 3.8) is 0 Å². The number of likely N-dealkylation sites (tertiary alicyclic amines) is 2. The molecule has 0 bridgehead atoms. The minimum Gasteiger partial charge on any atom is -0.493 e. The number of benzene rings is 2. The van der Waals surface area contributed by atoms with Crippen LogP contribution in [0, 0.1) is 5.92 Å². The smallest absolute Gasteiger partial charge is 0.161 e. The van der Waals surface area contributed by atoms with Crippen molar-refractivity contribution in [1.82, 2.24) is 14.8 Å². The molecule has 0 atom stereocenters. The summed E-state index contributed by atoms with van der Waals surface area (Å²) in [5, 5.41) is 1.38. The first-order valence-electron chi connectivity index (χ1n) is 14.8. The fourth-order valence-corrected chi connectivity index (χ4v) is 6.85. The number of nitrogens with one attached hydrogen (secondary N) is 1. The van der Waals surface area contributed by atoms with E-state index in [0.717, 1.165) is 41.9 Å². The van der Waals surface area contributed by atoms with Gasteiger partial charge in [-0.3, -0.25) is 0 Å². The second kappa shape index (κ2) is 12.1. The fourth-order valence-electron chi connectivity index (χ4n) is 6.85. The second-order valence-corrected chi connectivity index (χ2v) is 11.8. The van der Waals surface area contributed by atoms with Crippen molar-refractivity contribution in [2.24, 2.45) is 5.92 Å². The normalized spacial score (nSPS) is 18.5. The van der Waals surface area contributed by atoms with Crippen molar-refractivity contribution < 1.29 is 9.47 Å². The van der Waals surface area contributed by atoms with Gasteiger partial charge in [0.05, 0.1) is 14.2 Å². The van der Waals surface area contributed by atoms with Crippen LogP contribution in [0.15, 0.2) is 36.4 Å². The monoisotopic (exact) mass is 517 g/mol. The van der Waals surface area contributed by atoms with Gasteiger partial charge in [0, 0.05) is 34.7 Å². The Morgan fingerprint density at radius 2 is 1.63 bits per heavy atom. The predicted octanol–water partition coefficient (Wildman–Crippen LogP) is 7.10. The average molecular weight is 518 g/mol. The lowest BCUT2D eigenvalue weighted by Gasteiger charge is -2.42. The van der Waals surface area contributed by atoms with Crippen LogP contribution in [0.4, 0.5) is 0 Å². The minimum atomic E-state index is 0.658. The molecule has 3 aromatic rings. The van der Waals surface area contributed by atoms with E-state index in [1.165, 1.54) is 86.1 Å². The zero-order chi connectivity index (χ0) is 26.6. The van der Waals surface area contributed by atoms with E-state index in [1.807, 2.05) is 6.07 Å². The standard InChI is InChI=1S/C33H47N3O2/c1-6-7-28-29-20-25(8-10-30(29)34-33(28)26-9-11-31(37-4)32(21-26)38-5)24-12-18-36(19-13-24)27-14-16-35(17-15-27)22-23(2)3/h8-11,20-21,23-24,27,34H,6-7,12-19,22H2,1-5H3. The van der Waals surface area contributed by atoms with Gasteiger partial charge < -0.3 is 24.3 Å². The first-order chi connectivity index (χ1) is 18.5. The molecule has 5 rings (SSSR count).